The van der Waals surface area contributed by atoms with Crippen LogP contribution >= 0.6 is 11.6 Å². The standard InChI is InChI=1S/C8H15ClN2/c1-2-3-4-5-11-7-8(9)6-10/h6-8,10H,2-5H2,1H3. The van der Waals surface area contributed by atoms with E-state index in [0.717, 1.165) is 13.0 Å². The van der Waals surface area contributed by atoms with Crippen LogP contribution in [0.5, 0.6) is 0 Å². The van der Waals surface area contributed by atoms with Crippen LogP contribution in [0.25, 0.3) is 0 Å². The first-order chi connectivity index (χ1) is 5.31. The molecular formula is C8H15ClN2. The van der Waals surface area contributed by atoms with Gasteiger partial charge in [-0.15, -0.1) is 11.6 Å². The molecule has 11 heavy (non-hydrogen) atoms. The highest BCUT2D eigenvalue weighted by atomic mass is 35.5. The van der Waals surface area contributed by atoms with Crippen molar-refractivity contribution < 1.29 is 0 Å². The molecule has 0 aromatic rings. The van der Waals surface area contributed by atoms with Gasteiger partial charge in [-0.25, -0.2) is 0 Å². The number of aliphatic imine (C=N–C) groups is 1. The molecular weight excluding hydrogens is 160 g/mol. The average molecular weight is 175 g/mol. The molecule has 0 rings (SSSR count). The summed E-state index contributed by atoms with van der Waals surface area (Å²) in [4.78, 5) is 4.07. The van der Waals surface area contributed by atoms with Crippen LogP contribution in [0.4, 0.5) is 0 Å². The van der Waals surface area contributed by atoms with Crippen molar-refractivity contribution in [2.75, 3.05) is 6.54 Å². The lowest BCUT2D eigenvalue weighted by molar-refractivity contribution is 0.729. The minimum atomic E-state index is -0.323. The average Bonchev–Trinajstić information content (AvgIpc) is 2.04. The molecule has 0 aromatic heterocycles. The molecule has 0 fully saturated rings. The fraction of sp³-hybridized carbons (Fsp3) is 0.750. The number of nitrogens with one attached hydrogen (secondary N) is 1. The SMILES string of the molecule is CCCCCN=CC(Cl)C=N. The number of rotatable bonds is 6. The summed E-state index contributed by atoms with van der Waals surface area (Å²) in [7, 11) is 0. The Morgan fingerprint density at radius 2 is 2.27 bits per heavy atom. The second kappa shape index (κ2) is 7.73. The van der Waals surface area contributed by atoms with E-state index in [1.165, 1.54) is 19.1 Å². The van der Waals surface area contributed by atoms with Gasteiger partial charge < -0.3 is 5.41 Å². The highest BCUT2D eigenvalue weighted by Gasteiger charge is 1.90. The molecule has 0 heterocycles. The van der Waals surface area contributed by atoms with E-state index in [1.54, 1.807) is 6.21 Å². The lowest BCUT2D eigenvalue weighted by atomic mass is 10.2. The van der Waals surface area contributed by atoms with E-state index in [2.05, 4.69) is 11.9 Å². The molecule has 0 bridgehead atoms. The first-order valence-electron chi connectivity index (χ1n) is 3.96. The molecule has 0 radical (unpaired) electrons. The Kier molecular flexibility index (Phi) is 7.47. The normalized spacial score (nSPS) is 13.6. The third-order valence-electron chi connectivity index (χ3n) is 1.30. The predicted molar refractivity (Wildman–Crippen MR) is 51.3 cm³/mol. The van der Waals surface area contributed by atoms with Gasteiger partial charge in [-0.05, 0) is 6.42 Å². The second-order valence-corrected chi connectivity index (χ2v) is 2.88. The molecule has 0 aliphatic carbocycles. The van der Waals surface area contributed by atoms with E-state index in [9.17, 15) is 0 Å². The molecule has 0 spiro atoms. The van der Waals surface area contributed by atoms with Crippen LogP contribution in [0.15, 0.2) is 4.99 Å². The van der Waals surface area contributed by atoms with Gasteiger partial charge in [0.1, 0.15) is 5.38 Å². The number of hydrogen-bond donors (Lipinski definition) is 1. The molecule has 1 unspecified atom stereocenters. The Bertz CT molecular complexity index is 123. The summed E-state index contributed by atoms with van der Waals surface area (Å²) in [6, 6.07) is 0. The smallest absolute Gasteiger partial charge is 0.103 e. The number of alkyl halides is 1. The molecule has 0 saturated carbocycles. The van der Waals surface area contributed by atoms with E-state index in [4.69, 9.17) is 17.0 Å². The molecule has 0 amide bonds. The van der Waals surface area contributed by atoms with Gasteiger partial charge in [0, 0.05) is 19.0 Å². The number of unbranched alkanes of at least 4 members (excludes halogenated alkanes) is 2. The van der Waals surface area contributed by atoms with Gasteiger partial charge >= 0.3 is 0 Å². The highest BCUT2D eigenvalue weighted by molar-refractivity contribution is 6.36. The lowest BCUT2D eigenvalue weighted by Gasteiger charge is -1.93. The van der Waals surface area contributed by atoms with Crippen LogP contribution in [-0.2, 0) is 0 Å². The zero-order chi connectivity index (χ0) is 8.53. The Balaban J connectivity index is 3.22. The largest absolute Gasteiger partial charge is 0.311 e. The summed E-state index contributed by atoms with van der Waals surface area (Å²) in [5.41, 5.74) is 0. The van der Waals surface area contributed by atoms with E-state index in [-0.39, 0.29) is 5.38 Å². The molecule has 0 aromatic carbocycles. The van der Waals surface area contributed by atoms with Crippen molar-refractivity contribution in [1.29, 1.82) is 5.41 Å². The quantitative estimate of drug-likeness (QED) is 0.365. The third kappa shape index (κ3) is 7.53. The van der Waals surface area contributed by atoms with Crippen molar-refractivity contribution in [1.82, 2.24) is 0 Å². The first kappa shape index (κ1) is 10.6. The zero-order valence-electron chi connectivity index (χ0n) is 6.89. The predicted octanol–water partition coefficient (Wildman–Crippen LogP) is 2.50. The molecule has 1 atom stereocenters. The number of nitrogens with zero attached hydrogens (tertiary/aromatic N) is 1. The van der Waals surface area contributed by atoms with Crippen LogP contribution in [0.2, 0.25) is 0 Å². The summed E-state index contributed by atoms with van der Waals surface area (Å²) in [6.07, 6.45) is 6.34. The van der Waals surface area contributed by atoms with E-state index >= 15 is 0 Å². The molecule has 1 N–H and O–H groups in total. The van der Waals surface area contributed by atoms with Crippen molar-refractivity contribution in [3.63, 3.8) is 0 Å². The highest BCUT2D eigenvalue weighted by Crippen LogP contribution is 1.94. The summed E-state index contributed by atoms with van der Waals surface area (Å²) in [5, 5.41) is 6.45. The Labute approximate surface area is 73.2 Å². The Morgan fingerprint density at radius 3 is 2.82 bits per heavy atom. The van der Waals surface area contributed by atoms with Crippen molar-refractivity contribution in [3.8, 4) is 0 Å². The van der Waals surface area contributed by atoms with E-state index < -0.39 is 0 Å². The van der Waals surface area contributed by atoms with Crippen LogP contribution in [-0.4, -0.2) is 24.4 Å². The maximum Gasteiger partial charge on any atom is 0.103 e. The zero-order valence-corrected chi connectivity index (χ0v) is 7.64. The van der Waals surface area contributed by atoms with Gasteiger partial charge in [0.25, 0.3) is 0 Å². The number of hydrogen-bond acceptors (Lipinski definition) is 2. The summed E-state index contributed by atoms with van der Waals surface area (Å²) in [6.45, 7) is 3.00. The topological polar surface area (TPSA) is 36.2 Å². The molecule has 2 nitrogen and oxygen atoms in total. The van der Waals surface area contributed by atoms with Crippen LogP contribution in [0.1, 0.15) is 26.2 Å². The van der Waals surface area contributed by atoms with Crippen molar-refractivity contribution in [2.45, 2.75) is 31.6 Å². The van der Waals surface area contributed by atoms with E-state index in [0.29, 0.717) is 0 Å². The van der Waals surface area contributed by atoms with Gasteiger partial charge in [-0.3, -0.25) is 4.99 Å². The van der Waals surface area contributed by atoms with Gasteiger partial charge in [0.15, 0.2) is 0 Å². The fourth-order valence-corrected chi connectivity index (χ4v) is 0.751. The van der Waals surface area contributed by atoms with Gasteiger partial charge in [0.05, 0.1) is 0 Å². The summed E-state index contributed by atoms with van der Waals surface area (Å²) in [5.74, 6) is 0. The maximum absolute atomic E-state index is 6.78. The molecule has 3 heteroatoms. The maximum atomic E-state index is 6.78. The third-order valence-corrected chi connectivity index (χ3v) is 1.54. The van der Waals surface area contributed by atoms with Gasteiger partial charge in [-0.1, -0.05) is 19.8 Å². The van der Waals surface area contributed by atoms with Crippen LogP contribution in [0, 0.1) is 5.41 Å². The first-order valence-corrected chi connectivity index (χ1v) is 4.39. The second-order valence-electron chi connectivity index (χ2n) is 2.37. The van der Waals surface area contributed by atoms with Crippen LogP contribution in [0.3, 0.4) is 0 Å². The summed E-state index contributed by atoms with van der Waals surface area (Å²) < 4.78 is 0. The number of halogens is 1. The van der Waals surface area contributed by atoms with Gasteiger partial charge in [0.2, 0.25) is 0 Å². The molecule has 0 saturated heterocycles. The Hall–Kier alpha value is -0.370. The molecule has 0 aliphatic rings. The van der Waals surface area contributed by atoms with Gasteiger partial charge in [-0.2, -0.15) is 0 Å². The Morgan fingerprint density at radius 1 is 1.55 bits per heavy atom. The minimum absolute atomic E-state index is 0.323. The van der Waals surface area contributed by atoms with Crippen molar-refractivity contribution in [2.24, 2.45) is 4.99 Å². The lowest BCUT2D eigenvalue weighted by Crippen LogP contribution is -2.00. The van der Waals surface area contributed by atoms with Crippen LogP contribution < -0.4 is 0 Å². The van der Waals surface area contributed by atoms with E-state index in [1.807, 2.05) is 0 Å². The molecule has 64 valence electrons. The summed E-state index contributed by atoms with van der Waals surface area (Å²) >= 11 is 5.59. The van der Waals surface area contributed by atoms with Crippen molar-refractivity contribution >= 4 is 24.0 Å². The molecule has 0 aliphatic heterocycles. The fourth-order valence-electron chi connectivity index (χ4n) is 0.671. The minimum Gasteiger partial charge on any atom is -0.311 e. The van der Waals surface area contributed by atoms with Crippen molar-refractivity contribution in [3.05, 3.63) is 0 Å². The monoisotopic (exact) mass is 174 g/mol.